The van der Waals surface area contributed by atoms with Crippen molar-refractivity contribution in [3.63, 3.8) is 0 Å². The third kappa shape index (κ3) is 5.71. The van der Waals surface area contributed by atoms with Crippen LogP contribution in [0.25, 0.3) is 6.08 Å². The van der Waals surface area contributed by atoms with E-state index in [1.807, 2.05) is 49.4 Å². The van der Waals surface area contributed by atoms with Crippen LogP contribution < -0.4 is 4.74 Å². The quantitative estimate of drug-likeness (QED) is 0.351. The predicted molar refractivity (Wildman–Crippen MR) is 112 cm³/mol. The second-order valence-electron chi connectivity index (χ2n) is 6.33. The summed E-state index contributed by atoms with van der Waals surface area (Å²) in [4.78, 5) is 37.7. The number of hydrogen-bond donors (Lipinski definition) is 0. The fourth-order valence-electron chi connectivity index (χ4n) is 2.59. The molecule has 0 radical (unpaired) electrons. The highest BCUT2D eigenvalue weighted by Gasteiger charge is 2.36. The molecule has 1 heterocycles. The SMILES string of the molecule is CCCCOC(=O)CN1C(=O)S/C(=C/c2cccc(Oc3ccccc3)c2)C1=O. The number of esters is 1. The molecule has 29 heavy (non-hydrogen) atoms. The molecule has 0 spiro atoms. The van der Waals surface area contributed by atoms with Gasteiger partial charge in [-0.3, -0.25) is 19.3 Å². The summed E-state index contributed by atoms with van der Waals surface area (Å²) < 4.78 is 10.8. The second kappa shape index (κ2) is 9.93. The van der Waals surface area contributed by atoms with Crippen molar-refractivity contribution in [2.75, 3.05) is 13.2 Å². The number of rotatable bonds is 8. The number of imide groups is 1. The van der Waals surface area contributed by atoms with E-state index in [9.17, 15) is 14.4 Å². The fourth-order valence-corrected chi connectivity index (χ4v) is 3.42. The molecule has 1 aliphatic rings. The molecule has 0 aromatic heterocycles. The summed E-state index contributed by atoms with van der Waals surface area (Å²) in [6.07, 6.45) is 3.25. The van der Waals surface area contributed by atoms with Crippen molar-refractivity contribution < 1.29 is 23.9 Å². The van der Waals surface area contributed by atoms with E-state index in [2.05, 4.69) is 0 Å². The van der Waals surface area contributed by atoms with Crippen molar-refractivity contribution in [2.24, 2.45) is 0 Å². The normalized spacial score (nSPS) is 15.1. The van der Waals surface area contributed by atoms with Crippen LogP contribution in [0.2, 0.25) is 0 Å². The van der Waals surface area contributed by atoms with Crippen molar-refractivity contribution in [1.29, 1.82) is 0 Å². The van der Waals surface area contributed by atoms with Crippen molar-refractivity contribution in [2.45, 2.75) is 19.8 Å². The topological polar surface area (TPSA) is 72.9 Å². The van der Waals surface area contributed by atoms with E-state index in [1.54, 1.807) is 18.2 Å². The summed E-state index contributed by atoms with van der Waals surface area (Å²) in [5, 5.41) is -0.481. The lowest BCUT2D eigenvalue weighted by molar-refractivity contribution is -0.146. The molecule has 0 aliphatic carbocycles. The van der Waals surface area contributed by atoms with Crippen LogP contribution >= 0.6 is 11.8 Å². The molecule has 1 aliphatic heterocycles. The van der Waals surface area contributed by atoms with Gasteiger partial charge in [0.25, 0.3) is 11.1 Å². The van der Waals surface area contributed by atoms with Crippen LogP contribution in [-0.2, 0) is 14.3 Å². The van der Waals surface area contributed by atoms with Gasteiger partial charge in [0.05, 0.1) is 11.5 Å². The first-order valence-corrected chi connectivity index (χ1v) is 10.1. The van der Waals surface area contributed by atoms with Gasteiger partial charge in [-0.2, -0.15) is 0 Å². The second-order valence-corrected chi connectivity index (χ2v) is 7.32. The smallest absolute Gasteiger partial charge is 0.326 e. The van der Waals surface area contributed by atoms with Crippen LogP contribution in [0.5, 0.6) is 11.5 Å². The van der Waals surface area contributed by atoms with E-state index in [0.717, 1.165) is 35.1 Å². The molecular formula is C22H21NO5S. The van der Waals surface area contributed by atoms with Crippen LogP contribution in [-0.4, -0.2) is 35.2 Å². The van der Waals surface area contributed by atoms with Gasteiger partial charge in [0, 0.05) is 0 Å². The molecular weight excluding hydrogens is 390 g/mol. The highest BCUT2D eigenvalue weighted by Crippen LogP contribution is 2.33. The number of benzene rings is 2. The van der Waals surface area contributed by atoms with Crippen molar-refractivity contribution >= 4 is 35.0 Å². The molecule has 7 heteroatoms. The monoisotopic (exact) mass is 411 g/mol. The highest BCUT2D eigenvalue weighted by molar-refractivity contribution is 8.18. The van der Waals surface area contributed by atoms with Crippen LogP contribution in [0.3, 0.4) is 0 Å². The van der Waals surface area contributed by atoms with Gasteiger partial charge in [0.2, 0.25) is 0 Å². The van der Waals surface area contributed by atoms with Gasteiger partial charge in [0.15, 0.2) is 0 Å². The Hall–Kier alpha value is -3.06. The molecule has 2 aromatic rings. The lowest BCUT2D eigenvalue weighted by atomic mass is 10.2. The van der Waals surface area contributed by atoms with Gasteiger partial charge in [-0.05, 0) is 54.1 Å². The minimum atomic E-state index is -0.583. The maximum atomic E-state index is 12.5. The molecule has 6 nitrogen and oxygen atoms in total. The molecule has 2 aromatic carbocycles. The zero-order valence-corrected chi connectivity index (χ0v) is 16.8. The number of ether oxygens (including phenoxy) is 2. The number of amides is 2. The number of carbonyl (C=O) groups excluding carboxylic acids is 3. The minimum absolute atomic E-state index is 0.258. The van der Waals surface area contributed by atoms with E-state index in [0.29, 0.717) is 11.5 Å². The Bertz CT molecular complexity index is 926. The summed E-state index contributed by atoms with van der Waals surface area (Å²) in [6, 6.07) is 16.5. The maximum absolute atomic E-state index is 12.5. The first-order chi connectivity index (χ1) is 14.1. The average molecular weight is 411 g/mol. The number of para-hydroxylation sites is 1. The molecule has 1 saturated heterocycles. The van der Waals surface area contributed by atoms with Crippen molar-refractivity contribution in [1.82, 2.24) is 4.90 Å². The number of carbonyl (C=O) groups is 3. The zero-order valence-electron chi connectivity index (χ0n) is 16.0. The molecule has 0 N–H and O–H groups in total. The van der Waals surface area contributed by atoms with Crippen LogP contribution in [0, 0.1) is 0 Å². The Morgan fingerprint density at radius 3 is 2.59 bits per heavy atom. The molecule has 0 bridgehead atoms. The number of nitrogens with zero attached hydrogens (tertiary/aromatic N) is 1. The number of unbranched alkanes of at least 4 members (excludes halogenated alkanes) is 1. The Morgan fingerprint density at radius 1 is 1.07 bits per heavy atom. The third-order valence-corrected chi connectivity index (χ3v) is 4.96. The van der Waals surface area contributed by atoms with Crippen LogP contribution in [0.15, 0.2) is 59.5 Å². The molecule has 150 valence electrons. The maximum Gasteiger partial charge on any atom is 0.326 e. The fraction of sp³-hybridized carbons (Fsp3) is 0.227. The van der Waals surface area contributed by atoms with E-state index in [1.165, 1.54) is 0 Å². The van der Waals surface area contributed by atoms with Gasteiger partial charge in [0.1, 0.15) is 18.0 Å². The van der Waals surface area contributed by atoms with Gasteiger partial charge < -0.3 is 9.47 Å². The van der Waals surface area contributed by atoms with E-state index in [-0.39, 0.29) is 18.1 Å². The summed E-state index contributed by atoms with van der Waals surface area (Å²) in [5.41, 5.74) is 0.717. The Kier molecular flexibility index (Phi) is 7.08. The molecule has 2 amide bonds. The minimum Gasteiger partial charge on any atom is -0.464 e. The van der Waals surface area contributed by atoms with Gasteiger partial charge in [-0.15, -0.1) is 0 Å². The highest BCUT2D eigenvalue weighted by atomic mass is 32.2. The van der Waals surface area contributed by atoms with E-state index >= 15 is 0 Å². The summed E-state index contributed by atoms with van der Waals surface area (Å²) in [6.45, 7) is 1.90. The summed E-state index contributed by atoms with van der Waals surface area (Å²) in [5.74, 6) is 0.234. The third-order valence-electron chi connectivity index (χ3n) is 4.06. The largest absolute Gasteiger partial charge is 0.464 e. The van der Waals surface area contributed by atoms with Gasteiger partial charge >= 0.3 is 5.97 Å². The van der Waals surface area contributed by atoms with Crippen molar-refractivity contribution in [3.8, 4) is 11.5 Å². The molecule has 0 unspecified atom stereocenters. The van der Waals surface area contributed by atoms with E-state index < -0.39 is 17.1 Å². The lowest BCUT2D eigenvalue weighted by Gasteiger charge is -2.11. The van der Waals surface area contributed by atoms with Crippen LogP contribution in [0.1, 0.15) is 25.3 Å². The first-order valence-electron chi connectivity index (χ1n) is 9.31. The molecule has 3 rings (SSSR count). The summed E-state index contributed by atoms with van der Waals surface area (Å²) in [7, 11) is 0. The Balaban J connectivity index is 1.67. The van der Waals surface area contributed by atoms with Crippen LogP contribution in [0.4, 0.5) is 4.79 Å². The van der Waals surface area contributed by atoms with Crippen molar-refractivity contribution in [3.05, 3.63) is 65.1 Å². The molecule has 1 fully saturated rings. The predicted octanol–water partition coefficient (Wildman–Crippen LogP) is 4.86. The average Bonchev–Trinajstić information content (AvgIpc) is 2.96. The molecule has 0 atom stereocenters. The Morgan fingerprint density at radius 2 is 1.83 bits per heavy atom. The number of hydrogen-bond acceptors (Lipinski definition) is 6. The standard InChI is InChI=1S/C22H21NO5S/c1-2-3-12-27-20(24)15-23-21(25)19(29-22(23)26)14-16-8-7-11-18(13-16)28-17-9-5-4-6-10-17/h4-11,13-14H,2-3,12,15H2,1H3/b19-14+. The number of thioether (sulfide) groups is 1. The summed E-state index contributed by atoms with van der Waals surface area (Å²) >= 11 is 0.807. The lowest BCUT2D eigenvalue weighted by Crippen LogP contribution is -2.34. The Labute approximate surface area is 173 Å². The van der Waals surface area contributed by atoms with Gasteiger partial charge in [-0.1, -0.05) is 43.7 Å². The zero-order chi connectivity index (χ0) is 20.6. The van der Waals surface area contributed by atoms with E-state index in [4.69, 9.17) is 9.47 Å². The molecule has 0 saturated carbocycles. The van der Waals surface area contributed by atoms with Gasteiger partial charge in [-0.25, -0.2) is 0 Å². The first kappa shape index (κ1) is 20.7.